The summed E-state index contributed by atoms with van der Waals surface area (Å²) in [4.78, 5) is 7.94. The number of nitrogens with zero attached hydrogens (tertiary/aromatic N) is 2. The molecule has 3 aromatic rings. The molecule has 4 N–H and O–H groups in total. The number of hydrogen-bond donors (Lipinski definition) is 2. The first-order chi connectivity index (χ1) is 13.0. The Kier molecular flexibility index (Phi) is 5.98. The maximum Gasteiger partial charge on any atom is 0.222 e. The van der Waals surface area contributed by atoms with Crippen molar-refractivity contribution in [1.29, 1.82) is 0 Å². The van der Waals surface area contributed by atoms with Gasteiger partial charge in [-0.25, -0.2) is 4.98 Å². The van der Waals surface area contributed by atoms with Crippen LogP contribution >= 0.6 is 11.6 Å². The number of aromatic nitrogens is 2. The topological polar surface area (TPSA) is 96.3 Å². The predicted molar refractivity (Wildman–Crippen MR) is 108 cm³/mol. The van der Waals surface area contributed by atoms with E-state index in [1.54, 1.807) is 6.92 Å². The molecule has 27 heavy (non-hydrogen) atoms. The molecule has 2 aromatic carbocycles. The van der Waals surface area contributed by atoms with Crippen LogP contribution in [0.1, 0.15) is 12.1 Å². The summed E-state index contributed by atoms with van der Waals surface area (Å²) < 4.78 is 11.4. The van der Waals surface area contributed by atoms with Gasteiger partial charge in [0.15, 0.2) is 11.6 Å². The van der Waals surface area contributed by atoms with Crippen LogP contribution < -0.4 is 20.9 Å². The van der Waals surface area contributed by atoms with Gasteiger partial charge in [-0.1, -0.05) is 35.9 Å². The second-order valence-electron chi connectivity index (χ2n) is 5.96. The zero-order chi connectivity index (χ0) is 19.2. The van der Waals surface area contributed by atoms with Crippen molar-refractivity contribution in [1.82, 2.24) is 9.97 Å². The minimum atomic E-state index is 0.141. The number of nitrogen functional groups attached to an aromatic ring is 2. The molecule has 0 saturated heterocycles. The Morgan fingerprint density at radius 1 is 0.852 bits per heavy atom. The Labute approximate surface area is 163 Å². The van der Waals surface area contributed by atoms with E-state index in [-0.39, 0.29) is 11.8 Å². The molecule has 7 heteroatoms. The summed E-state index contributed by atoms with van der Waals surface area (Å²) >= 11 is 5.92. The van der Waals surface area contributed by atoms with Crippen LogP contribution in [0.5, 0.6) is 11.5 Å². The highest BCUT2D eigenvalue weighted by molar-refractivity contribution is 6.30. The Hall–Kier alpha value is -2.99. The molecule has 0 bridgehead atoms. The number of ether oxygens (including phenoxy) is 2. The number of hydrogen-bond acceptors (Lipinski definition) is 6. The van der Waals surface area contributed by atoms with Crippen molar-refractivity contribution in [2.45, 2.75) is 13.3 Å². The molecule has 1 aromatic heterocycles. The summed E-state index contributed by atoms with van der Waals surface area (Å²) in [6.07, 6.45) is 0.697. The highest BCUT2D eigenvalue weighted by Crippen LogP contribution is 2.25. The molecule has 0 spiro atoms. The molecule has 0 aliphatic heterocycles. The average molecular weight is 385 g/mol. The van der Waals surface area contributed by atoms with Gasteiger partial charge in [-0.15, -0.1) is 0 Å². The Balaban J connectivity index is 1.46. The van der Waals surface area contributed by atoms with Crippen LogP contribution in [0.2, 0.25) is 5.02 Å². The van der Waals surface area contributed by atoms with Crippen molar-refractivity contribution in [2.75, 3.05) is 24.7 Å². The Bertz CT molecular complexity index is 876. The standard InChI is InChI=1S/C20H21ClN4O2/c1-13-18(19(22)25-20(23)24-13)27-12-2-11-26-17-9-5-15(6-10-17)14-3-7-16(21)8-4-14/h3-10H,2,11-12H2,1H3,(H4,22,23,24,25). The van der Waals surface area contributed by atoms with E-state index in [1.807, 2.05) is 48.5 Å². The van der Waals surface area contributed by atoms with Gasteiger partial charge in [0.25, 0.3) is 0 Å². The molecule has 1 heterocycles. The van der Waals surface area contributed by atoms with Gasteiger partial charge in [-0.3, -0.25) is 0 Å². The lowest BCUT2D eigenvalue weighted by molar-refractivity contribution is 0.246. The average Bonchev–Trinajstić information content (AvgIpc) is 2.64. The normalized spacial score (nSPS) is 10.6. The molecular formula is C20H21ClN4O2. The van der Waals surface area contributed by atoms with Gasteiger partial charge in [-0.2, -0.15) is 4.98 Å². The van der Waals surface area contributed by atoms with E-state index in [0.29, 0.717) is 31.1 Å². The van der Waals surface area contributed by atoms with Crippen molar-refractivity contribution >= 4 is 23.4 Å². The maximum absolute atomic E-state index is 5.92. The molecule has 0 aliphatic carbocycles. The molecule has 0 amide bonds. The van der Waals surface area contributed by atoms with Crippen LogP contribution in [0, 0.1) is 6.92 Å². The Morgan fingerprint density at radius 3 is 2.07 bits per heavy atom. The van der Waals surface area contributed by atoms with Crippen molar-refractivity contribution < 1.29 is 9.47 Å². The van der Waals surface area contributed by atoms with Gasteiger partial charge < -0.3 is 20.9 Å². The zero-order valence-corrected chi connectivity index (χ0v) is 15.7. The number of rotatable bonds is 7. The molecule has 0 saturated carbocycles. The monoisotopic (exact) mass is 384 g/mol. The molecule has 0 fully saturated rings. The van der Waals surface area contributed by atoms with Gasteiger partial charge in [0.1, 0.15) is 5.75 Å². The second kappa shape index (κ2) is 8.60. The lowest BCUT2D eigenvalue weighted by Gasteiger charge is -2.11. The van der Waals surface area contributed by atoms with Gasteiger partial charge in [0.05, 0.1) is 18.9 Å². The highest BCUT2D eigenvalue weighted by Gasteiger charge is 2.09. The van der Waals surface area contributed by atoms with Crippen molar-refractivity contribution in [3.63, 3.8) is 0 Å². The third kappa shape index (κ3) is 5.01. The van der Waals surface area contributed by atoms with E-state index < -0.39 is 0 Å². The number of nitrogens with two attached hydrogens (primary N) is 2. The first-order valence-corrected chi connectivity index (χ1v) is 8.92. The lowest BCUT2D eigenvalue weighted by atomic mass is 10.1. The van der Waals surface area contributed by atoms with E-state index in [4.69, 9.17) is 32.5 Å². The molecule has 0 atom stereocenters. The highest BCUT2D eigenvalue weighted by atomic mass is 35.5. The largest absolute Gasteiger partial charge is 0.493 e. The molecule has 140 valence electrons. The summed E-state index contributed by atoms with van der Waals surface area (Å²) in [5.41, 5.74) is 14.2. The first-order valence-electron chi connectivity index (χ1n) is 8.54. The summed E-state index contributed by atoms with van der Waals surface area (Å²) in [5, 5.41) is 0.725. The Morgan fingerprint density at radius 2 is 1.44 bits per heavy atom. The molecular weight excluding hydrogens is 364 g/mol. The van der Waals surface area contributed by atoms with Gasteiger partial charge in [-0.05, 0) is 42.3 Å². The fraction of sp³-hybridized carbons (Fsp3) is 0.200. The van der Waals surface area contributed by atoms with Crippen LogP contribution in [-0.2, 0) is 0 Å². The van der Waals surface area contributed by atoms with Crippen molar-refractivity contribution in [3.8, 4) is 22.6 Å². The van der Waals surface area contributed by atoms with E-state index in [2.05, 4.69) is 9.97 Å². The van der Waals surface area contributed by atoms with Crippen LogP contribution in [-0.4, -0.2) is 23.2 Å². The van der Waals surface area contributed by atoms with Crippen LogP contribution in [0.25, 0.3) is 11.1 Å². The van der Waals surface area contributed by atoms with Gasteiger partial charge in [0.2, 0.25) is 5.95 Å². The van der Waals surface area contributed by atoms with Crippen molar-refractivity contribution in [3.05, 3.63) is 59.2 Å². The number of aryl methyl sites for hydroxylation is 1. The minimum Gasteiger partial charge on any atom is -0.493 e. The predicted octanol–water partition coefficient (Wildman–Crippen LogP) is 4.12. The fourth-order valence-electron chi connectivity index (χ4n) is 2.59. The number of anilines is 2. The van der Waals surface area contributed by atoms with Crippen LogP contribution in [0.3, 0.4) is 0 Å². The molecule has 3 rings (SSSR count). The summed E-state index contributed by atoms with van der Waals surface area (Å²) in [6, 6.07) is 15.7. The molecule has 6 nitrogen and oxygen atoms in total. The number of benzene rings is 2. The maximum atomic E-state index is 5.92. The quantitative estimate of drug-likeness (QED) is 0.595. The lowest BCUT2D eigenvalue weighted by Crippen LogP contribution is -2.10. The van der Waals surface area contributed by atoms with Crippen LogP contribution in [0.4, 0.5) is 11.8 Å². The van der Waals surface area contributed by atoms with Crippen LogP contribution in [0.15, 0.2) is 48.5 Å². The zero-order valence-electron chi connectivity index (χ0n) is 15.0. The van der Waals surface area contributed by atoms with E-state index in [9.17, 15) is 0 Å². The number of halogens is 1. The molecule has 0 aliphatic rings. The third-order valence-electron chi connectivity index (χ3n) is 3.91. The second-order valence-corrected chi connectivity index (χ2v) is 6.40. The van der Waals surface area contributed by atoms with E-state index in [1.165, 1.54) is 0 Å². The third-order valence-corrected chi connectivity index (χ3v) is 4.17. The molecule has 0 unspecified atom stereocenters. The van der Waals surface area contributed by atoms with Gasteiger partial charge >= 0.3 is 0 Å². The van der Waals surface area contributed by atoms with E-state index in [0.717, 1.165) is 21.9 Å². The van der Waals surface area contributed by atoms with Gasteiger partial charge in [0, 0.05) is 11.4 Å². The minimum absolute atomic E-state index is 0.141. The SMILES string of the molecule is Cc1nc(N)nc(N)c1OCCCOc1ccc(-c2ccc(Cl)cc2)cc1. The first kappa shape index (κ1) is 18.8. The van der Waals surface area contributed by atoms with E-state index >= 15 is 0 Å². The fourth-order valence-corrected chi connectivity index (χ4v) is 2.72. The summed E-state index contributed by atoms with van der Waals surface area (Å²) in [7, 11) is 0. The molecule has 0 radical (unpaired) electrons. The van der Waals surface area contributed by atoms with Crippen molar-refractivity contribution in [2.24, 2.45) is 0 Å². The summed E-state index contributed by atoms with van der Waals surface area (Å²) in [5.74, 6) is 1.66. The smallest absolute Gasteiger partial charge is 0.222 e. The summed E-state index contributed by atoms with van der Waals surface area (Å²) in [6.45, 7) is 2.75.